The molecule has 1 heterocycles. The second-order valence-corrected chi connectivity index (χ2v) is 5.77. The summed E-state index contributed by atoms with van der Waals surface area (Å²) in [4.78, 5) is 2.37. The SMILES string of the molecule is CCCOC1CCCN(c2c(Cl)cccc2CCN)C1. The van der Waals surface area contributed by atoms with Crippen molar-refractivity contribution in [3.63, 3.8) is 0 Å². The van der Waals surface area contributed by atoms with Crippen LogP contribution in [0, 0.1) is 0 Å². The van der Waals surface area contributed by atoms with Gasteiger partial charge < -0.3 is 15.4 Å². The van der Waals surface area contributed by atoms with Crippen LogP contribution in [0.25, 0.3) is 0 Å². The maximum atomic E-state index is 6.43. The average Bonchev–Trinajstić information content (AvgIpc) is 2.46. The van der Waals surface area contributed by atoms with Gasteiger partial charge in [0, 0.05) is 19.7 Å². The zero-order valence-corrected chi connectivity index (χ0v) is 13.0. The molecule has 0 bridgehead atoms. The molecule has 2 N–H and O–H groups in total. The number of benzene rings is 1. The molecule has 1 fully saturated rings. The second kappa shape index (κ2) is 7.87. The van der Waals surface area contributed by atoms with Crippen LogP contribution in [0.1, 0.15) is 31.7 Å². The zero-order valence-electron chi connectivity index (χ0n) is 12.3. The van der Waals surface area contributed by atoms with Crippen LogP contribution in [0.5, 0.6) is 0 Å². The van der Waals surface area contributed by atoms with E-state index in [0.29, 0.717) is 12.6 Å². The van der Waals surface area contributed by atoms with E-state index in [9.17, 15) is 0 Å². The summed E-state index contributed by atoms with van der Waals surface area (Å²) in [6, 6.07) is 6.10. The molecule has 0 aliphatic carbocycles. The minimum atomic E-state index is 0.325. The van der Waals surface area contributed by atoms with E-state index in [0.717, 1.165) is 56.1 Å². The molecular formula is C16H25ClN2O. The molecule has 0 spiro atoms. The fraction of sp³-hybridized carbons (Fsp3) is 0.625. The standard InChI is InChI=1S/C16H25ClN2O/c1-2-11-20-14-6-4-10-19(12-14)16-13(8-9-18)5-3-7-15(16)17/h3,5,7,14H,2,4,6,8-12,18H2,1H3. The second-order valence-electron chi connectivity index (χ2n) is 5.37. The molecule has 3 nitrogen and oxygen atoms in total. The van der Waals surface area contributed by atoms with Gasteiger partial charge in [0.15, 0.2) is 0 Å². The minimum Gasteiger partial charge on any atom is -0.376 e. The Morgan fingerprint density at radius 3 is 3.05 bits per heavy atom. The first-order chi connectivity index (χ1) is 9.76. The Balaban J connectivity index is 2.13. The van der Waals surface area contributed by atoms with Crippen molar-refractivity contribution < 1.29 is 4.74 Å². The lowest BCUT2D eigenvalue weighted by Gasteiger charge is -2.36. The number of hydrogen-bond donors (Lipinski definition) is 1. The summed E-state index contributed by atoms with van der Waals surface area (Å²) in [5.41, 5.74) is 8.12. The van der Waals surface area contributed by atoms with Crippen LogP contribution >= 0.6 is 11.6 Å². The van der Waals surface area contributed by atoms with Crippen molar-refractivity contribution in [1.82, 2.24) is 0 Å². The van der Waals surface area contributed by atoms with Gasteiger partial charge in [-0.25, -0.2) is 0 Å². The highest BCUT2D eigenvalue weighted by molar-refractivity contribution is 6.33. The van der Waals surface area contributed by atoms with Gasteiger partial charge in [-0.05, 0) is 43.9 Å². The largest absolute Gasteiger partial charge is 0.376 e. The lowest BCUT2D eigenvalue weighted by atomic mass is 10.0. The predicted octanol–water partition coefficient (Wildman–Crippen LogP) is 3.24. The van der Waals surface area contributed by atoms with Gasteiger partial charge in [0.05, 0.1) is 16.8 Å². The summed E-state index contributed by atoms with van der Waals surface area (Å²) < 4.78 is 5.91. The summed E-state index contributed by atoms with van der Waals surface area (Å²) in [6.45, 7) is 5.62. The maximum Gasteiger partial charge on any atom is 0.0750 e. The van der Waals surface area contributed by atoms with Crippen LogP contribution in [0.4, 0.5) is 5.69 Å². The Labute approximate surface area is 127 Å². The highest BCUT2D eigenvalue weighted by atomic mass is 35.5. The third-order valence-electron chi connectivity index (χ3n) is 3.74. The highest BCUT2D eigenvalue weighted by Crippen LogP contribution is 2.32. The fourth-order valence-corrected chi connectivity index (χ4v) is 3.15. The normalized spacial score (nSPS) is 19.4. The number of ether oxygens (including phenoxy) is 1. The Bertz CT molecular complexity index is 425. The zero-order chi connectivity index (χ0) is 14.4. The van der Waals surface area contributed by atoms with Gasteiger partial charge in [0.1, 0.15) is 0 Å². The lowest BCUT2D eigenvalue weighted by Crippen LogP contribution is -2.40. The number of halogens is 1. The lowest BCUT2D eigenvalue weighted by molar-refractivity contribution is 0.0440. The molecular weight excluding hydrogens is 272 g/mol. The van der Waals surface area contributed by atoms with Crippen molar-refractivity contribution >= 4 is 17.3 Å². The van der Waals surface area contributed by atoms with Crippen LogP contribution < -0.4 is 10.6 Å². The summed E-state index contributed by atoms with van der Waals surface area (Å²) in [5, 5.41) is 0.826. The first-order valence-electron chi connectivity index (χ1n) is 7.60. The first kappa shape index (κ1) is 15.6. The van der Waals surface area contributed by atoms with Crippen molar-refractivity contribution in [1.29, 1.82) is 0 Å². The predicted molar refractivity (Wildman–Crippen MR) is 85.7 cm³/mol. The average molecular weight is 297 g/mol. The fourth-order valence-electron chi connectivity index (χ4n) is 2.83. The van der Waals surface area contributed by atoms with Crippen molar-refractivity contribution in [2.45, 2.75) is 38.7 Å². The van der Waals surface area contributed by atoms with E-state index < -0.39 is 0 Å². The van der Waals surface area contributed by atoms with Crippen LogP contribution in [0.3, 0.4) is 0 Å². The molecule has 1 aromatic carbocycles. The third kappa shape index (κ3) is 3.87. The van der Waals surface area contributed by atoms with E-state index in [2.05, 4.69) is 17.9 Å². The number of para-hydroxylation sites is 1. The number of nitrogens with zero attached hydrogens (tertiary/aromatic N) is 1. The van der Waals surface area contributed by atoms with Crippen LogP contribution in [0.2, 0.25) is 5.02 Å². The number of hydrogen-bond acceptors (Lipinski definition) is 3. The molecule has 0 saturated carbocycles. The molecule has 0 radical (unpaired) electrons. The monoisotopic (exact) mass is 296 g/mol. The van der Waals surface area contributed by atoms with Crippen LogP contribution in [-0.4, -0.2) is 32.3 Å². The molecule has 1 aliphatic heterocycles. The Kier molecular flexibility index (Phi) is 6.14. The molecule has 1 aromatic rings. The Morgan fingerprint density at radius 1 is 1.45 bits per heavy atom. The first-order valence-corrected chi connectivity index (χ1v) is 7.98. The topological polar surface area (TPSA) is 38.5 Å². The molecule has 112 valence electrons. The Morgan fingerprint density at radius 2 is 2.30 bits per heavy atom. The molecule has 2 rings (SSSR count). The number of rotatable bonds is 6. The minimum absolute atomic E-state index is 0.325. The van der Waals surface area contributed by atoms with Crippen LogP contribution in [0.15, 0.2) is 18.2 Å². The van der Waals surface area contributed by atoms with Crippen LogP contribution in [-0.2, 0) is 11.2 Å². The quantitative estimate of drug-likeness (QED) is 0.876. The van der Waals surface area contributed by atoms with Gasteiger partial charge in [0.2, 0.25) is 0 Å². The van der Waals surface area contributed by atoms with Gasteiger partial charge in [-0.1, -0.05) is 30.7 Å². The molecule has 1 saturated heterocycles. The van der Waals surface area contributed by atoms with E-state index in [-0.39, 0.29) is 0 Å². The summed E-state index contributed by atoms with van der Waals surface area (Å²) in [5.74, 6) is 0. The van der Waals surface area contributed by atoms with E-state index in [4.69, 9.17) is 22.1 Å². The molecule has 20 heavy (non-hydrogen) atoms. The molecule has 4 heteroatoms. The molecule has 1 unspecified atom stereocenters. The van der Waals surface area contributed by atoms with Crippen molar-refractivity contribution in [3.05, 3.63) is 28.8 Å². The Hall–Kier alpha value is -0.770. The smallest absolute Gasteiger partial charge is 0.0750 e. The third-order valence-corrected chi connectivity index (χ3v) is 4.04. The van der Waals surface area contributed by atoms with Crippen molar-refractivity contribution in [2.24, 2.45) is 5.73 Å². The van der Waals surface area contributed by atoms with Gasteiger partial charge in [-0.15, -0.1) is 0 Å². The molecule has 1 aliphatic rings. The van der Waals surface area contributed by atoms with Gasteiger partial charge in [0.25, 0.3) is 0 Å². The number of anilines is 1. The summed E-state index contributed by atoms with van der Waals surface area (Å²) in [6.07, 6.45) is 4.56. The van der Waals surface area contributed by atoms with E-state index in [1.807, 2.05) is 12.1 Å². The summed E-state index contributed by atoms with van der Waals surface area (Å²) in [7, 11) is 0. The van der Waals surface area contributed by atoms with E-state index in [1.165, 1.54) is 5.56 Å². The molecule has 0 amide bonds. The highest BCUT2D eigenvalue weighted by Gasteiger charge is 2.23. The molecule has 0 aromatic heterocycles. The summed E-state index contributed by atoms with van der Waals surface area (Å²) >= 11 is 6.43. The van der Waals surface area contributed by atoms with Crippen molar-refractivity contribution in [3.8, 4) is 0 Å². The van der Waals surface area contributed by atoms with Gasteiger partial charge in [-0.2, -0.15) is 0 Å². The van der Waals surface area contributed by atoms with Crippen molar-refractivity contribution in [2.75, 3.05) is 31.1 Å². The maximum absolute atomic E-state index is 6.43. The number of piperidine rings is 1. The van der Waals surface area contributed by atoms with Gasteiger partial charge in [-0.3, -0.25) is 0 Å². The number of nitrogens with two attached hydrogens (primary N) is 1. The van der Waals surface area contributed by atoms with E-state index in [1.54, 1.807) is 0 Å². The van der Waals surface area contributed by atoms with E-state index >= 15 is 0 Å². The molecule has 1 atom stereocenters. The van der Waals surface area contributed by atoms with Gasteiger partial charge >= 0.3 is 0 Å².